The number of alkyl halides is 1. The number of halogens is 1. The summed E-state index contributed by atoms with van der Waals surface area (Å²) in [6.45, 7) is 3.89. The molecule has 0 N–H and O–H groups in total. The Morgan fingerprint density at radius 1 is 1.56 bits per heavy atom. The van der Waals surface area contributed by atoms with E-state index in [-0.39, 0.29) is 0 Å². The van der Waals surface area contributed by atoms with E-state index in [4.69, 9.17) is 4.74 Å². The number of pyridine rings is 1. The maximum Gasteiger partial charge on any atom is 0.0505 e. The van der Waals surface area contributed by atoms with Gasteiger partial charge in [-0.05, 0) is 37.3 Å². The molecule has 0 spiro atoms. The topological polar surface area (TPSA) is 22.1 Å². The Bertz CT molecular complexity index is 319. The predicted octanol–water partition coefficient (Wildman–Crippen LogP) is 3.12. The lowest BCUT2D eigenvalue weighted by molar-refractivity contribution is 0.0546. The molecule has 1 aliphatic rings. The summed E-state index contributed by atoms with van der Waals surface area (Å²) in [6.07, 6.45) is 5.39. The van der Waals surface area contributed by atoms with Crippen LogP contribution in [0.4, 0.5) is 0 Å². The first kappa shape index (κ1) is 12.1. The van der Waals surface area contributed by atoms with Gasteiger partial charge in [0, 0.05) is 29.7 Å². The van der Waals surface area contributed by atoms with Crippen LogP contribution in [0.3, 0.4) is 0 Å². The van der Waals surface area contributed by atoms with Gasteiger partial charge in [-0.1, -0.05) is 22.0 Å². The highest BCUT2D eigenvalue weighted by Gasteiger charge is 2.22. The lowest BCUT2D eigenvalue weighted by atomic mass is 9.96. The SMILES string of the molecule is Cc1ccc(CC(Br)C2CCCOC2)nc1. The molecular weight excluding hydrogens is 266 g/mol. The third-order valence-corrected chi connectivity index (χ3v) is 4.16. The van der Waals surface area contributed by atoms with E-state index in [1.807, 2.05) is 6.20 Å². The molecule has 16 heavy (non-hydrogen) atoms. The number of aryl methyl sites for hydroxylation is 1. The van der Waals surface area contributed by atoms with Crippen molar-refractivity contribution in [1.82, 2.24) is 4.98 Å². The van der Waals surface area contributed by atoms with Crippen LogP contribution in [-0.4, -0.2) is 23.0 Å². The largest absolute Gasteiger partial charge is 0.381 e. The fourth-order valence-electron chi connectivity index (χ4n) is 2.04. The molecule has 2 unspecified atom stereocenters. The van der Waals surface area contributed by atoms with Crippen LogP contribution in [0.25, 0.3) is 0 Å². The minimum absolute atomic E-state index is 0.489. The summed E-state index contributed by atoms with van der Waals surface area (Å²) in [5.74, 6) is 0.636. The van der Waals surface area contributed by atoms with Gasteiger partial charge in [0.05, 0.1) is 6.61 Å². The van der Waals surface area contributed by atoms with Gasteiger partial charge in [-0.15, -0.1) is 0 Å². The summed E-state index contributed by atoms with van der Waals surface area (Å²) in [6, 6.07) is 4.24. The van der Waals surface area contributed by atoms with Crippen LogP contribution >= 0.6 is 15.9 Å². The number of rotatable bonds is 3. The van der Waals surface area contributed by atoms with Crippen molar-refractivity contribution in [2.75, 3.05) is 13.2 Å². The van der Waals surface area contributed by atoms with E-state index in [9.17, 15) is 0 Å². The smallest absolute Gasteiger partial charge is 0.0505 e. The van der Waals surface area contributed by atoms with Crippen molar-refractivity contribution in [3.63, 3.8) is 0 Å². The van der Waals surface area contributed by atoms with Gasteiger partial charge in [0.1, 0.15) is 0 Å². The van der Waals surface area contributed by atoms with Gasteiger partial charge < -0.3 is 4.74 Å². The van der Waals surface area contributed by atoms with Gasteiger partial charge in [-0.3, -0.25) is 4.98 Å². The Morgan fingerprint density at radius 2 is 2.44 bits per heavy atom. The third kappa shape index (κ3) is 3.29. The molecule has 0 amide bonds. The minimum Gasteiger partial charge on any atom is -0.381 e. The summed E-state index contributed by atoms with van der Waals surface area (Å²) in [4.78, 5) is 4.93. The zero-order valence-electron chi connectivity index (χ0n) is 9.66. The molecule has 2 nitrogen and oxygen atoms in total. The molecule has 1 aromatic heterocycles. The molecule has 0 saturated carbocycles. The maximum atomic E-state index is 5.51. The average molecular weight is 284 g/mol. The molecule has 1 aromatic rings. The lowest BCUT2D eigenvalue weighted by Gasteiger charge is -2.26. The van der Waals surface area contributed by atoms with Crippen molar-refractivity contribution in [1.29, 1.82) is 0 Å². The zero-order chi connectivity index (χ0) is 11.4. The van der Waals surface area contributed by atoms with E-state index in [1.165, 1.54) is 18.4 Å². The Labute approximate surface area is 106 Å². The molecule has 0 radical (unpaired) electrons. The summed E-state index contributed by atoms with van der Waals surface area (Å²) in [5, 5.41) is 0. The van der Waals surface area contributed by atoms with E-state index < -0.39 is 0 Å². The van der Waals surface area contributed by atoms with Crippen molar-refractivity contribution in [2.45, 2.75) is 31.0 Å². The second-order valence-electron chi connectivity index (χ2n) is 4.52. The number of hydrogen-bond acceptors (Lipinski definition) is 2. The Morgan fingerprint density at radius 3 is 3.06 bits per heavy atom. The maximum absolute atomic E-state index is 5.51. The van der Waals surface area contributed by atoms with Crippen molar-refractivity contribution >= 4 is 15.9 Å². The molecule has 2 rings (SSSR count). The van der Waals surface area contributed by atoms with Crippen LogP contribution in [0.1, 0.15) is 24.1 Å². The highest BCUT2D eigenvalue weighted by Crippen LogP contribution is 2.25. The zero-order valence-corrected chi connectivity index (χ0v) is 11.2. The van der Waals surface area contributed by atoms with Gasteiger partial charge in [0.2, 0.25) is 0 Å². The standard InChI is InChI=1S/C13H18BrNO/c1-10-4-5-12(15-8-10)7-13(14)11-3-2-6-16-9-11/h4-5,8,11,13H,2-3,6-7,9H2,1H3. The second-order valence-corrected chi connectivity index (χ2v) is 5.70. The molecule has 88 valence electrons. The van der Waals surface area contributed by atoms with E-state index >= 15 is 0 Å². The molecule has 1 saturated heterocycles. The van der Waals surface area contributed by atoms with Gasteiger partial charge in [-0.2, -0.15) is 0 Å². The molecule has 0 aliphatic carbocycles. The number of aromatic nitrogens is 1. The van der Waals surface area contributed by atoms with Crippen LogP contribution in [0, 0.1) is 12.8 Å². The van der Waals surface area contributed by atoms with Crippen LogP contribution in [-0.2, 0) is 11.2 Å². The minimum atomic E-state index is 0.489. The van der Waals surface area contributed by atoms with E-state index in [0.29, 0.717) is 10.7 Å². The molecule has 2 heterocycles. The highest BCUT2D eigenvalue weighted by molar-refractivity contribution is 9.09. The van der Waals surface area contributed by atoms with Crippen LogP contribution < -0.4 is 0 Å². The monoisotopic (exact) mass is 283 g/mol. The number of hydrogen-bond donors (Lipinski definition) is 0. The van der Waals surface area contributed by atoms with Crippen molar-refractivity contribution in [3.8, 4) is 0 Å². The quantitative estimate of drug-likeness (QED) is 0.796. The van der Waals surface area contributed by atoms with Crippen LogP contribution in [0.15, 0.2) is 18.3 Å². The molecule has 0 aromatic carbocycles. The summed E-state index contributed by atoms with van der Waals surface area (Å²) >= 11 is 3.77. The van der Waals surface area contributed by atoms with Crippen molar-refractivity contribution in [3.05, 3.63) is 29.6 Å². The fraction of sp³-hybridized carbons (Fsp3) is 0.615. The average Bonchev–Trinajstić information content (AvgIpc) is 2.33. The van der Waals surface area contributed by atoms with Gasteiger partial charge in [0.15, 0.2) is 0 Å². The van der Waals surface area contributed by atoms with Gasteiger partial charge >= 0.3 is 0 Å². The molecule has 1 aliphatic heterocycles. The summed E-state index contributed by atoms with van der Waals surface area (Å²) in [5.41, 5.74) is 2.38. The first-order valence-corrected chi connectivity index (χ1v) is 6.80. The first-order valence-electron chi connectivity index (χ1n) is 5.89. The lowest BCUT2D eigenvalue weighted by Crippen LogP contribution is -2.26. The number of ether oxygens (including phenoxy) is 1. The number of nitrogens with zero attached hydrogens (tertiary/aromatic N) is 1. The van der Waals surface area contributed by atoms with Gasteiger partial charge in [-0.25, -0.2) is 0 Å². The van der Waals surface area contributed by atoms with Crippen LogP contribution in [0.5, 0.6) is 0 Å². The van der Waals surface area contributed by atoms with Crippen molar-refractivity contribution in [2.24, 2.45) is 5.92 Å². The highest BCUT2D eigenvalue weighted by atomic mass is 79.9. The fourth-order valence-corrected chi connectivity index (χ4v) is 2.79. The molecule has 0 bridgehead atoms. The van der Waals surface area contributed by atoms with Crippen molar-refractivity contribution < 1.29 is 4.74 Å². The Hall–Kier alpha value is -0.410. The predicted molar refractivity (Wildman–Crippen MR) is 68.9 cm³/mol. The van der Waals surface area contributed by atoms with E-state index in [2.05, 4.69) is 40.0 Å². The third-order valence-electron chi connectivity index (χ3n) is 3.08. The van der Waals surface area contributed by atoms with Gasteiger partial charge in [0.25, 0.3) is 0 Å². The summed E-state index contributed by atoms with van der Waals surface area (Å²) in [7, 11) is 0. The molecule has 3 heteroatoms. The first-order chi connectivity index (χ1) is 7.75. The normalized spacial score (nSPS) is 23.0. The Balaban J connectivity index is 1.90. The summed E-state index contributed by atoms with van der Waals surface area (Å²) < 4.78 is 5.51. The molecular formula is C13H18BrNO. The Kier molecular flexibility index (Phi) is 4.36. The molecule has 1 fully saturated rings. The van der Waals surface area contributed by atoms with Crippen LogP contribution in [0.2, 0.25) is 0 Å². The van der Waals surface area contributed by atoms with E-state index in [1.54, 1.807) is 0 Å². The van der Waals surface area contributed by atoms with E-state index in [0.717, 1.165) is 25.3 Å². The second kappa shape index (κ2) is 5.78. The molecule has 2 atom stereocenters.